The van der Waals surface area contributed by atoms with Crippen LogP contribution in [0.2, 0.25) is 0 Å². The van der Waals surface area contributed by atoms with E-state index in [1.54, 1.807) is 6.07 Å². The minimum Gasteiger partial charge on any atom is -0.297 e. The Bertz CT molecular complexity index is 268. The smallest absolute Gasteiger partial charge is 0.297 e. The molecule has 0 heterocycles. The SMILES string of the molecule is CCC(=O)c1cc[c-]cc1C.[Y+3]. The number of ketones is 1. The van der Waals surface area contributed by atoms with E-state index < -0.39 is 0 Å². The van der Waals surface area contributed by atoms with Crippen LogP contribution in [0, 0.1) is 13.0 Å². The van der Waals surface area contributed by atoms with E-state index in [1.807, 2.05) is 26.0 Å². The molecule has 0 radical (unpaired) electrons. The Morgan fingerprint density at radius 3 is 2.75 bits per heavy atom. The summed E-state index contributed by atoms with van der Waals surface area (Å²) in [6.07, 6.45) is 0.574. The van der Waals surface area contributed by atoms with E-state index in [0.717, 1.165) is 11.1 Å². The number of carbonyl (C=O) groups excluding carboxylic acids is 1. The fourth-order valence-corrected chi connectivity index (χ4v) is 1.02. The van der Waals surface area contributed by atoms with Crippen LogP contribution in [0.3, 0.4) is 0 Å². The van der Waals surface area contributed by atoms with Gasteiger partial charge >= 0.3 is 32.7 Å². The Morgan fingerprint density at radius 2 is 2.25 bits per heavy atom. The molecule has 0 spiro atoms. The van der Waals surface area contributed by atoms with Crippen LogP contribution < -0.4 is 0 Å². The Labute approximate surface area is 98.4 Å². The number of carbonyl (C=O) groups is 1. The summed E-state index contributed by atoms with van der Waals surface area (Å²) in [4.78, 5) is 11.2. The molecule has 0 bridgehead atoms. The summed E-state index contributed by atoms with van der Waals surface area (Å²) in [6.45, 7) is 3.80. The number of Topliss-reactive ketones (excluding diaryl/α,β-unsaturated/α-hetero) is 1. The van der Waals surface area contributed by atoms with Gasteiger partial charge in [0.1, 0.15) is 5.78 Å². The Morgan fingerprint density at radius 1 is 1.58 bits per heavy atom. The molecule has 1 aromatic rings. The molecule has 0 aromatic heterocycles. The van der Waals surface area contributed by atoms with Gasteiger partial charge in [0, 0.05) is 6.42 Å². The van der Waals surface area contributed by atoms with Crippen LogP contribution in [-0.4, -0.2) is 5.78 Å². The Hall–Kier alpha value is -0.00610. The maximum absolute atomic E-state index is 11.2. The number of aryl methyl sites for hydroxylation is 1. The van der Waals surface area contributed by atoms with Crippen LogP contribution in [0.1, 0.15) is 29.3 Å². The maximum Gasteiger partial charge on any atom is 3.00 e. The van der Waals surface area contributed by atoms with Gasteiger partial charge in [-0.3, -0.25) is 4.79 Å². The van der Waals surface area contributed by atoms with Gasteiger partial charge in [0.25, 0.3) is 0 Å². The van der Waals surface area contributed by atoms with E-state index in [0.29, 0.717) is 6.42 Å². The number of rotatable bonds is 2. The van der Waals surface area contributed by atoms with Crippen molar-refractivity contribution in [2.24, 2.45) is 0 Å². The largest absolute Gasteiger partial charge is 3.00 e. The van der Waals surface area contributed by atoms with Gasteiger partial charge < -0.3 is 0 Å². The van der Waals surface area contributed by atoms with Crippen molar-refractivity contribution in [3.05, 3.63) is 35.4 Å². The summed E-state index contributed by atoms with van der Waals surface area (Å²) in [7, 11) is 0. The first-order valence-electron chi connectivity index (χ1n) is 3.75. The van der Waals surface area contributed by atoms with Gasteiger partial charge in [-0.2, -0.15) is 24.3 Å². The third-order valence-electron chi connectivity index (χ3n) is 1.69. The summed E-state index contributed by atoms with van der Waals surface area (Å²) >= 11 is 0. The topological polar surface area (TPSA) is 17.1 Å². The minimum atomic E-state index is 0. The van der Waals surface area contributed by atoms with Gasteiger partial charge in [0.2, 0.25) is 0 Å². The summed E-state index contributed by atoms with van der Waals surface area (Å²) in [5.74, 6) is 0.205. The van der Waals surface area contributed by atoms with Gasteiger partial charge in [-0.05, 0) is 0 Å². The molecule has 1 rings (SSSR count). The third kappa shape index (κ3) is 2.80. The molecule has 12 heavy (non-hydrogen) atoms. The number of hydrogen-bond donors (Lipinski definition) is 0. The Balaban J connectivity index is 0.00000121. The van der Waals surface area contributed by atoms with Crippen molar-refractivity contribution in [2.75, 3.05) is 0 Å². The molecule has 1 aromatic carbocycles. The van der Waals surface area contributed by atoms with Crippen molar-refractivity contribution in [2.45, 2.75) is 20.3 Å². The molecule has 0 amide bonds. The fraction of sp³-hybridized carbons (Fsp3) is 0.300. The van der Waals surface area contributed by atoms with Crippen LogP contribution in [0.15, 0.2) is 18.2 Å². The molecule has 2 heteroatoms. The van der Waals surface area contributed by atoms with Crippen molar-refractivity contribution in [3.63, 3.8) is 0 Å². The van der Waals surface area contributed by atoms with Crippen molar-refractivity contribution in [1.29, 1.82) is 0 Å². The zero-order valence-corrected chi connectivity index (χ0v) is 10.3. The average Bonchev–Trinajstić information content (AvgIpc) is 2.04. The molecule has 0 unspecified atom stereocenters. The van der Waals surface area contributed by atoms with Crippen LogP contribution in [0.25, 0.3) is 0 Å². The van der Waals surface area contributed by atoms with Gasteiger partial charge in [-0.15, -0.1) is 5.56 Å². The number of benzene rings is 1. The molecule has 58 valence electrons. The summed E-state index contributed by atoms with van der Waals surface area (Å²) < 4.78 is 0. The van der Waals surface area contributed by atoms with E-state index in [2.05, 4.69) is 6.07 Å². The molecule has 0 atom stereocenters. The first-order chi connectivity index (χ1) is 5.25. The van der Waals surface area contributed by atoms with Crippen LogP contribution in [0.4, 0.5) is 0 Å². The van der Waals surface area contributed by atoms with Gasteiger partial charge in [0.05, 0.1) is 0 Å². The second kappa shape index (κ2) is 5.61. The van der Waals surface area contributed by atoms with E-state index in [9.17, 15) is 4.79 Å². The molecule has 0 saturated heterocycles. The summed E-state index contributed by atoms with van der Waals surface area (Å²) in [5.41, 5.74) is 1.84. The monoisotopic (exact) mass is 236 g/mol. The van der Waals surface area contributed by atoms with E-state index in [1.165, 1.54) is 0 Å². The quantitative estimate of drug-likeness (QED) is 0.569. The first-order valence-corrected chi connectivity index (χ1v) is 3.75. The maximum atomic E-state index is 11.2. The second-order valence-corrected chi connectivity index (χ2v) is 2.52. The molecular weight excluding hydrogens is 225 g/mol. The Kier molecular flexibility index (Phi) is 5.60. The zero-order valence-electron chi connectivity index (χ0n) is 7.42. The molecule has 0 saturated carbocycles. The summed E-state index contributed by atoms with van der Waals surface area (Å²) in [6, 6.07) is 8.36. The normalized spacial score (nSPS) is 8.83. The van der Waals surface area contributed by atoms with Crippen LogP contribution >= 0.6 is 0 Å². The van der Waals surface area contributed by atoms with E-state index in [4.69, 9.17) is 0 Å². The van der Waals surface area contributed by atoms with E-state index in [-0.39, 0.29) is 38.5 Å². The first kappa shape index (κ1) is 12.0. The molecule has 1 nitrogen and oxygen atoms in total. The van der Waals surface area contributed by atoms with Crippen LogP contribution in [-0.2, 0) is 32.7 Å². The van der Waals surface area contributed by atoms with Gasteiger partial charge in [-0.25, -0.2) is 0 Å². The third-order valence-corrected chi connectivity index (χ3v) is 1.69. The molecule has 0 aliphatic carbocycles. The van der Waals surface area contributed by atoms with Gasteiger partial charge in [0.15, 0.2) is 0 Å². The van der Waals surface area contributed by atoms with Crippen molar-refractivity contribution >= 4 is 5.78 Å². The summed E-state index contributed by atoms with van der Waals surface area (Å²) in [5, 5.41) is 0. The molecule has 0 aliphatic rings. The number of hydrogen-bond acceptors (Lipinski definition) is 1. The molecule has 0 N–H and O–H groups in total. The minimum absolute atomic E-state index is 0. The van der Waals surface area contributed by atoms with E-state index >= 15 is 0 Å². The molecule has 0 aliphatic heterocycles. The van der Waals surface area contributed by atoms with Crippen molar-refractivity contribution < 1.29 is 37.5 Å². The average molecular weight is 236 g/mol. The predicted molar refractivity (Wildman–Crippen MR) is 44.6 cm³/mol. The van der Waals surface area contributed by atoms with Crippen molar-refractivity contribution in [3.8, 4) is 0 Å². The zero-order chi connectivity index (χ0) is 8.27. The molecule has 0 fully saturated rings. The van der Waals surface area contributed by atoms with Crippen molar-refractivity contribution in [1.82, 2.24) is 0 Å². The predicted octanol–water partition coefficient (Wildman–Crippen LogP) is 2.39. The second-order valence-electron chi connectivity index (χ2n) is 2.52. The van der Waals surface area contributed by atoms with Gasteiger partial charge in [-0.1, -0.05) is 19.4 Å². The molecular formula is C10H11OY+2. The standard InChI is InChI=1S/C10H11O.Y/c1-3-10(11)9-7-5-4-6-8(9)2;/h5-7H,3H2,1-2H3;/q-1;+3. The van der Waals surface area contributed by atoms with Crippen LogP contribution in [0.5, 0.6) is 0 Å². The fourth-order valence-electron chi connectivity index (χ4n) is 1.02.